The van der Waals surface area contributed by atoms with E-state index in [4.69, 9.17) is 19.2 Å². The highest BCUT2D eigenvalue weighted by Crippen LogP contribution is 2.44. The number of nitrogens with one attached hydrogen (secondary N) is 1. The van der Waals surface area contributed by atoms with Crippen molar-refractivity contribution in [1.29, 1.82) is 0 Å². The SMILES string of the molecule is CNc1ncc2c(-c3ccccc3)cc(C3=CCC4(CC3)OCCO4)c(OC)c2n1. The second-order valence-corrected chi connectivity index (χ2v) is 7.62. The first kappa shape index (κ1) is 19.0. The first-order valence-corrected chi connectivity index (χ1v) is 10.3. The molecule has 5 rings (SSSR count). The number of fused-ring (bicyclic) bond motifs is 1. The molecule has 0 amide bonds. The van der Waals surface area contributed by atoms with E-state index in [1.807, 2.05) is 31.4 Å². The van der Waals surface area contributed by atoms with Crippen LogP contribution in [0.25, 0.3) is 27.6 Å². The summed E-state index contributed by atoms with van der Waals surface area (Å²) in [4.78, 5) is 9.21. The van der Waals surface area contributed by atoms with Crippen LogP contribution in [0.5, 0.6) is 5.75 Å². The summed E-state index contributed by atoms with van der Waals surface area (Å²) in [6.45, 7) is 1.34. The van der Waals surface area contributed by atoms with Gasteiger partial charge in [-0.2, -0.15) is 0 Å². The first-order chi connectivity index (χ1) is 14.7. The van der Waals surface area contributed by atoms with Gasteiger partial charge >= 0.3 is 0 Å². The van der Waals surface area contributed by atoms with E-state index in [2.05, 4.69) is 34.6 Å². The molecule has 1 N–H and O–H groups in total. The lowest BCUT2D eigenvalue weighted by Crippen LogP contribution is -2.31. The molecule has 1 aliphatic carbocycles. The number of ether oxygens (including phenoxy) is 3. The maximum absolute atomic E-state index is 5.90. The molecule has 6 heteroatoms. The van der Waals surface area contributed by atoms with Crippen molar-refractivity contribution in [2.24, 2.45) is 0 Å². The van der Waals surface area contributed by atoms with Crippen LogP contribution in [0, 0.1) is 0 Å². The zero-order chi connectivity index (χ0) is 20.6. The second-order valence-electron chi connectivity index (χ2n) is 7.62. The minimum absolute atomic E-state index is 0.447. The van der Waals surface area contributed by atoms with Crippen molar-refractivity contribution in [3.8, 4) is 16.9 Å². The quantitative estimate of drug-likeness (QED) is 0.684. The number of rotatable bonds is 4. The summed E-state index contributed by atoms with van der Waals surface area (Å²) in [5.74, 6) is 0.900. The molecule has 0 unspecified atom stereocenters. The van der Waals surface area contributed by atoms with Crippen LogP contribution in [0.3, 0.4) is 0 Å². The molecule has 1 saturated heterocycles. The highest BCUT2D eigenvalue weighted by Gasteiger charge is 2.38. The third kappa shape index (κ3) is 3.22. The minimum atomic E-state index is -0.447. The Morgan fingerprint density at radius 1 is 1.10 bits per heavy atom. The number of aromatic nitrogens is 2. The van der Waals surface area contributed by atoms with Crippen molar-refractivity contribution < 1.29 is 14.2 Å². The van der Waals surface area contributed by atoms with Gasteiger partial charge in [0.1, 0.15) is 5.52 Å². The van der Waals surface area contributed by atoms with Gasteiger partial charge in [0.05, 0.1) is 20.3 Å². The Hall–Kier alpha value is -2.96. The van der Waals surface area contributed by atoms with Crippen LogP contribution in [-0.4, -0.2) is 43.1 Å². The van der Waals surface area contributed by atoms with Crippen LogP contribution in [0.15, 0.2) is 48.7 Å². The van der Waals surface area contributed by atoms with Crippen LogP contribution in [0.4, 0.5) is 5.95 Å². The van der Waals surface area contributed by atoms with E-state index in [1.165, 1.54) is 5.57 Å². The summed E-state index contributed by atoms with van der Waals surface area (Å²) in [6, 6.07) is 12.6. The number of anilines is 1. The van der Waals surface area contributed by atoms with Crippen molar-refractivity contribution in [1.82, 2.24) is 9.97 Å². The van der Waals surface area contributed by atoms with E-state index in [0.29, 0.717) is 19.2 Å². The molecular formula is C24H25N3O3. The average Bonchev–Trinajstić information content (AvgIpc) is 3.26. The molecule has 1 spiro atoms. The Labute approximate surface area is 175 Å². The van der Waals surface area contributed by atoms with Crippen LogP contribution in [0.1, 0.15) is 24.8 Å². The van der Waals surface area contributed by atoms with Gasteiger partial charge in [-0.25, -0.2) is 9.97 Å². The first-order valence-electron chi connectivity index (χ1n) is 10.3. The fourth-order valence-electron chi connectivity index (χ4n) is 4.40. The maximum Gasteiger partial charge on any atom is 0.223 e. The van der Waals surface area contributed by atoms with Gasteiger partial charge in [0, 0.05) is 37.0 Å². The van der Waals surface area contributed by atoms with Crippen molar-refractivity contribution in [2.45, 2.75) is 25.0 Å². The molecular weight excluding hydrogens is 378 g/mol. The zero-order valence-electron chi connectivity index (χ0n) is 17.3. The Kier molecular flexibility index (Phi) is 4.89. The predicted molar refractivity (Wildman–Crippen MR) is 118 cm³/mol. The van der Waals surface area contributed by atoms with Gasteiger partial charge in [-0.1, -0.05) is 36.4 Å². The van der Waals surface area contributed by atoms with Crippen LogP contribution in [0.2, 0.25) is 0 Å². The van der Waals surface area contributed by atoms with Gasteiger partial charge in [-0.3, -0.25) is 0 Å². The van der Waals surface area contributed by atoms with E-state index in [-0.39, 0.29) is 0 Å². The standard InChI is InChI=1S/C24H25N3O3/c1-25-23-26-15-20-18(16-6-4-3-5-7-16)14-19(22(28-2)21(20)27-23)17-8-10-24(11-9-17)29-12-13-30-24/h3-8,14-15H,9-13H2,1-2H3,(H,25,26,27). The summed E-state index contributed by atoms with van der Waals surface area (Å²) < 4.78 is 17.7. The number of allylic oxidation sites excluding steroid dienone is 1. The summed E-state index contributed by atoms with van der Waals surface area (Å²) in [6.07, 6.45) is 6.54. The monoisotopic (exact) mass is 403 g/mol. The lowest BCUT2D eigenvalue weighted by molar-refractivity contribution is -0.159. The van der Waals surface area contributed by atoms with E-state index in [9.17, 15) is 0 Å². The van der Waals surface area contributed by atoms with Crippen molar-refractivity contribution in [2.75, 3.05) is 32.7 Å². The summed E-state index contributed by atoms with van der Waals surface area (Å²) in [5, 5.41) is 4.00. The van der Waals surface area contributed by atoms with Crippen LogP contribution >= 0.6 is 0 Å². The Morgan fingerprint density at radius 3 is 2.57 bits per heavy atom. The van der Waals surface area contributed by atoms with Gasteiger partial charge < -0.3 is 19.5 Å². The van der Waals surface area contributed by atoms with Crippen LogP contribution in [-0.2, 0) is 9.47 Å². The predicted octanol–water partition coefficient (Wildman–Crippen LogP) is 4.66. The molecule has 0 saturated carbocycles. The van der Waals surface area contributed by atoms with Gasteiger partial charge in [0.2, 0.25) is 5.95 Å². The van der Waals surface area contributed by atoms with Crippen molar-refractivity contribution >= 4 is 22.4 Å². The molecule has 2 aliphatic rings. The summed E-state index contributed by atoms with van der Waals surface area (Å²) in [5.41, 5.74) is 5.33. The maximum atomic E-state index is 5.90. The zero-order valence-corrected chi connectivity index (χ0v) is 17.3. The largest absolute Gasteiger partial charge is 0.494 e. The molecule has 2 aromatic carbocycles. The summed E-state index contributed by atoms with van der Waals surface area (Å²) >= 11 is 0. The molecule has 1 fully saturated rings. The highest BCUT2D eigenvalue weighted by molar-refractivity contribution is 6.01. The summed E-state index contributed by atoms with van der Waals surface area (Å²) in [7, 11) is 3.52. The van der Waals surface area contributed by atoms with E-state index in [0.717, 1.165) is 52.6 Å². The molecule has 3 aromatic rings. The fourth-order valence-corrected chi connectivity index (χ4v) is 4.40. The average molecular weight is 403 g/mol. The third-order valence-corrected chi connectivity index (χ3v) is 5.93. The lowest BCUT2D eigenvalue weighted by atomic mass is 9.87. The normalized spacial score (nSPS) is 17.9. The van der Waals surface area contributed by atoms with Crippen LogP contribution < -0.4 is 10.1 Å². The molecule has 154 valence electrons. The minimum Gasteiger partial charge on any atom is -0.494 e. The highest BCUT2D eigenvalue weighted by atomic mass is 16.7. The second kappa shape index (κ2) is 7.70. The number of hydrogen-bond donors (Lipinski definition) is 1. The third-order valence-electron chi connectivity index (χ3n) is 5.93. The Bertz CT molecular complexity index is 1110. The van der Waals surface area contributed by atoms with E-state index < -0.39 is 5.79 Å². The number of hydrogen-bond acceptors (Lipinski definition) is 6. The molecule has 2 heterocycles. The molecule has 0 radical (unpaired) electrons. The topological polar surface area (TPSA) is 65.5 Å². The Morgan fingerprint density at radius 2 is 1.90 bits per heavy atom. The van der Waals surface area contributed by atoms with Crippen molar-refractivity contribution in [3.05, 3.63) is 54.2 Å². The van der Waals surface area contributed by atoms with Gasteiger partial charge in [0.15, 0.2) is 11.5 Å². The fraction of sp³-hybridized carbons (Fsp3) is 0.333. The van der Waals surface area contributed by atoms with Gasteiger partial charge in [-0.15, -0.1) is 0 Å². The molecule has 0 atom stereocenters. The molecule has 1 aliphatic heterocycles. The number of nitrogens with zero attached hydrogens (tertiary/aromatic N) is 2. The molecule has 6 nitrogen and oxygen atoms in total. The van der Waals surface area contributed by atoms with E-state index >= 15 is 0 Å². The smallest absolute Gasteiger partial charge is 0.223 e. The van der Waals surface area contributed by atoms with Gasteiger partial charge in [-0.05, 0) is 29.2 Å². The van der Waals surface area contributed by atoms with Crippen molar-refractivity contribution in [3.63, 3.8) is 0 Å². The lowest BCUT2D eigenvalue weighted by Gasteiger charge is -2.31. The molecule has 30 heavy (non-hydrogen) atoms. The number of methoxy groups -OCH3 is 1. The molecule has 0 bridgehead atoms. The molecule has 1 aromatic heterocycles. The number of benzene rings is 2. The van der Waals surface area contributed by atoms with E-state index in [1.54, 1.807) is 7.11 Å². The Balaban J connectivity index is 1.70. The van der Waals surface area contributed by atoms with Gasteiger partial charge in [0.25, 0.3) is 0 Å².